The van der Waals surface area contributed by atoms with Crippen molar-refractivity contribution in [2.24, 2.45) is 0 Å². The molecule has 2 amide bonds. The largest absolute Gasteiger partial charge is 0.354 e. The monoisotopic (exact) mass is 491 g/mol. The first-order chi connectivity index (χ1) is 16.1. The zero-order valence-corrected chi connectivity index (χ0v) is 21.1. The Labute approximate surface area is 202 Å². The molecule has 0 saturated carbocycles. The second-order valence-corrected chi connectivity index (χ2v) is 10.1. The molecule has 2 aromatic carbocycles. The number of nitrogens with one attached hydrogen (secondary N) is 1. The summed E-state index contributed by atoms with van der Waals surface area (Å²) in [6.45, 7) is 5.71. The highest BCUT2D eigenvalue weighted by Crippen LogP contribution is 2.23. The van der Waals surface area contributed by atoms with Crippen molar-refractivity contribution in [3.8, 4) is 0 Å². The van der Waals surface area contributed by atoms with Crippen LogP contribution in [0.1, 0.15) is 44.2 Å². The summed E-state index contributed by atoms with van der Waals surface area (Å²) in [5.41, 5.74) is 1.57. The van der Waals surface area contributed by atoms with E-state index >= 15 is 0 Å². The number of hydrogen-bond acceptors (Lipinski definition) is 4. The van der Waals surface area contributed by atoms with Crippen molar-refractivity contribution in [2.45, 2.75) is 52.6 Å². The van der Waals surface area contributed by atoms with E-state index in [0.717, 1.165) is 40.6 Å². The van der Waals surface area contributed by atoms with E-state index in [-0.39, 0.29) is 18.1 Å². The quantitative estimate of drug-likeness (QED) is 0.460. The van der Waals surface area contributed by atoms with Gasteiger partial charge in [-0.2, -0.15) is 0 Å². The van der Waals surface area contributed by atoms with Gasteiger partial charge in [-0.05, 0) is 43.0 Å². The van der Waals surface area contributed by atoms with Crippen LogP contribution in [0.3, 0.4) is 0 Å². The highest BCUT2D eigenvalue weighted by molar-refractivity contribution is 7.92. The number of halogens is 1. The maximum Gasteiger partial charge on any atom is 0.244 e. The van der Waals surface area contributed by atoms with Crippen LogP contribution in [0.5, 0.6) is 0 Å². The maximum atomic E-state index is 14.5. The Morgan fingerprint density at radius 1 is 1.06 bits per heavy atom. The fraction of sp³-hybridized carbons (Fsp3) is 0.440. The Morgan fingerprint density at radius 2 is 1.71 bits per heavy atom. The van der Waals surface area contributed by atoms with Crippen molar-refractivity contribution < 1.29 is 22.4 Å². The van der Waals surface area contributed by atoms with E-state index in [1.807, 2.05) is 38.1 Å². The lowest BCUT2D eigenvalue weighted by atomic mass is 10.1. The van der Waals surface area contributed by atoms with E-state index in [2.05, 4.69) is 5.32 Å². The summed E-state index contributed by atoms with van der Waals surface area (Å²) >= 11 is 0. The van der Waals surface area contributed by atoms with E-state index < -0.39 is 34.3 Å². The Bertz CT molecular complexity index is 1090. The Kier molecular flexibility index (Phi) is 10.0. The lowest BCUT2D eigenvalue weighted by molar-refractivity contribution is -0.140. The Morgan fingerprint density at radius 3 is 2.29 bits per heavy atom. The fourth-order valence-electron chi connectivity index (χ4n) is 3.65. The van der Waals surface area contributed by atoms with Gasteiger partial charge in [0.15, 0.2) is 0 Å². The normalized spacial score (nSPS) is 12.1. The fourth-order valence-corrected chi connectivity index (χ4v) is 4.50. The molecule has 0 radical (unpaired) electrons. The number of carbonyl (C=O) groups is 2. The summed E-state index contributed by atoms with van der Waals surface area (Å²) in [6, 6.07) is 12.1. The standard InChI is InChI=1S/C25H34FN3O4S/c1-5-7-16-27-25(31)22(6-2)28(17-20-13-9-8-12-19(20)3)24(30)18-29(34(4,32)33)23-15-11-10-14-21(23)26/h8-15,22H,5-7,16-18H2,1-4H3,(H,27,31)/t22-/m0/s1. The van der Waals surface area contributed by atoms with Crippen molar-refractivity contribution >= 4 is 27.5 Å². The lowest BCUT2D eigenvalue weighted by Gasteiger charge is -2.33. The van der Waals surface area contributed by atoms with E-state index in [0.29, 0.717) is 13.0 Å². The second kappa shape index (κ2) is 12.5. The summed E-state index contributed by atoms with van der Waals surface area (Å²) in [5.74, 6) is -1.64. The molecule has 0 heterocycles. The van der Waals surface area contributed by atoms with Crippen LogP contribution in [0, 0.1) is 12.7 Å². The second-order valence-electron chi connectivity index (χ2n) is 8.24. The van der Waals surface area contributed by atoms with E-state index in [1.54, 1.807) is 6.92 Å². The number of amides is 2. The van der Waals surface area contributed by atoms with E-state index in [4.69, 9.17) is 0 Å². The van der Waals surface area contributed by atoms with Gasteiger partial charge in [0.2, 0.25) is 21.8 Å². The van der Waals surface area contributed by atoms with Crippen LogP contribution >= 0.6 is 0 Å². The molecule has 0 bridgehead atoms. The third-order valence-corrected chi connectivity index (χ3v) is 6.74. The molecule has 0 spiro atoms. The summed E-state index contributed by atoms with van der Waals surface area (Å²) in [4.78, 5) is 27.9. The van der Waals surface area contributed by atoms with Crippen LogP contribution in [0.2, 0.25) is 0 Å². The van der Waals surface area contributed by atoms with Crippen LogP contribution in [0.15, 0.2) is 48.5 Å². The number of carbonyl (C=O) groups excluding carboxylic acids is 2. The predicted octanol–water partition coefficient (Wildman–Crippen LogP) is 3.62. The Hall–Kier alpha value is -2.94. The van der Waals surface area contributed by atoms with Crippen molar-refractivity contribution in [1.82, 2.24) is 10.2 Å². The zero-order valence-electron chi connectivity index (χ0n) is 20.3. The number of hydrogen-bond donors (Lipinski definition) is 1. The van der Waals surface area contributed by atoms with Crippen molar-refractivity contribution in [2.75, 3.05) is 23.7 Å². The molecule has 7 nitrogen and oxygen atoms in total. The molecule has 1 atom stereocenters. The number of sulfonamides is 1. The molecule has 34 heavy (non-hydrogen) atoms. The third-order valence-electron chi connectivity index (χ3n) is 5.62. The molecule has 186 valence electrons. The number of unbranched alkanes of at least 4 members (excludes halogenated alkanes) is 1. The first-order valence-electron chi connectivity index (χ1n) is 11.4. The van der Waals surface area contributed by atoms with Crippen LogP contribution in [-0.2, 0) is 26.2 Å². The molecule has 2 aromatic rings. The van der Waals surface area contributed by atoms with Gasteiger partial charge < -0.3 is 10.2 Å². The summed E-state index contributed by atoms with van der Waals surface area (Å²) in [6.07, 6.45) is 2.99. The maximum absolute atomic E-state index is 14.5. The minimum absolute atomic E-state index is 0.125. The van der Waals surface area contributed by atoms with Gasteiger partial charge >= 0.3 is 0 Å². The van der Waals surface area contributed by atoms with Crippen LogP contribution in [0.25, 0.3) is 0 Å². The van der Waals surface area contributed by atoms with E-state index in [1.165, 1.54) is 23.1 Å². The van der Waals surface area contributed by atoms with Gasteiger partial charge in [0.1, 0.15) is 18.4 Å². The summed E-state index contributed by atoms with van der Waals surface area (Å²) in [7, 11) is -3.98. The van der Waals surface area contributed by atoms with Gasteiger partial charge in [-0.25, -0.2) is 12.8 Å². The first-order valence-corrected chi connectivity index (χ1v) is 13.3. The SMILES string of the molecule is CCCCNC(=O)[C@H](CC)N(Cc1ccccc1C)C(=O)CN(c1ccccc1F)S(C)(=O)=O. The number of rotatable bonds is 12. The molecule has 0 aliphatic heterocycles. The molecule has 0 unspecified atom stereocenters. The molecule has 0 fully saturated rings. The molecular formula is C25H34FN3O4S. The molecule has 1 N–H and O–H groups in total. The average Bonchev–Trinajstić information content (AvgIpc) is 2.78. The third kappa shape index (κ3) is 7.28. The van der Waals surface area contributed by atoms with Crippen LogP contribution in [-0.4, -0.2) is 50.5 Å². The number of para-hydroxylation sites is 1. The molecule has 0 saturated heterocycles. The minimum Gasteiger partial charge on any atom is -0.354 e. The van der Waals surface area contributed by atoms with Crippen molar-refractivity contribution in [3.05, 3.63) is 65.5 Å². The highest BCUT2D eigenvalue weighted by atomic mass is 32.2. The number of nitrogens with zero attached hydrogens (tertiary/aromatic N) is 2. The van der Waals surface area contributed by atoms with Crippen LogP contribution in [0.4, 0.5) is 10.1 Å². The highest BCUT2D eigenvalue weighted by Gasteiger charge is 2.32. The van der Waals surface area contributed by atoms with Gasteiger partial charge in [-0.1, -0.05) is 56.7 Å². The van der Waals surface area contributed by atoms with Gasteiger partial charge in [0, 0.05) is 13.1 Å². The number of benzene rings is 2. The average molecular weight is 492 g/mol. The van der Waals surface area contributed by atoms with E-state index in [9.17, 15) is 22.4 Å². The number of aryl methyl sites for hydroxylation is 1. The van der Waals surface area contributed by atoms with Crippen molar-refractivity contribution in [1.29, 1.82) is 0 Å². The van der Waals surface area contributed by atoms with Gasteiger partial charge in [0.25, 0.3) is 0 Å². The molecule has 9 heteroatoms. The molecule has 0 aliphatic rings. The topological polar surface area (TPSA) is 86.8 Å². The smallest absolute Gasteiger partial charge is 0.244 e. The predicted molar refractivity (Wildman–Crippen MR) is 132 cm³/mol. The Balaban J connectivity index is 2.43. The summed E-state index contributed by atoms with van der Waals surface area (Å²) < 4.78 is 40.2. The number of anilines is 1. The van der Waals surface area contributed by atoms with Gasteiger partial charge in [-0.15, -0.1) is 0 Å². The molecular weight excluding hydrogens is 457 g/mol. The lowest BCUT2D eigenvalue weighted by Crippen LogP contribution is -2.52. The van der Waals surface area contributed by atoms with Gasteiger partial charge in [0.05, 0.1) is 11.9 Å². The zero-order chi connectivity index (χ0) is 25.3. The first kappa shape index (κ1) is 27.3. The molecule has 0 aliphatic carbocycles. The van der Waals surface area contributed by atoms with Crippen molar-refractivity contribution in [3.63, 3.8) is 0 Å². The summed E-state index contributed by atoms with van der Waals surface area (Å²) in [5, 5.41) is 2.87. The molecule has 2 rings (SSSR count). The van der Waals surface area contributed by atoms with Gasteiger partial charge in [-0.3, -0.25) is 13.9 Å². The minimum atomic E-state index is -3.98. The molecule has 0 aromatic heterocycles. The van der Waals surface area contributed by atoms with Crippen LogP contribution < -0.4 is 9.62 Å².